The molecule has 0 aromatic carbocycles. The van der Waals surface area contributed by atoms with Crippen LogP contribution in [0.4, 0.5) is 13.2 Å². The van der Waals surface area contributed by atoms with Gasteiger partial charge in [-0.2, -0.15) is 13.2 Å². The van der Waals surface area contributed by atoms with Crippen LogP contribution in [0.2, 0.25) is 5.15 Å². The molecule has 0 saturated carbocycles. The Morgan fingerprint density at radius 3 is 2.57 bits per heavy atom. The van der Waals surface area contributed by atoms with Crippen molar-refractivity contribution in [1.29, 1.82) is 0 Å². The number of halogens is 4. The standard InChI is InChI=1S/C13H13ClF3N3O3/c1-4-22-12(21)8-9(23-5-13(15,16)17)7-10(14)18-6(2)19-11(7)20(8)3/h4-5H2,1-3H3. The van der Waals surface area contributed by atoms with Gasteiger partial charge in [0.1, 0.15) is 16.6 Å². The Balaban J connectivity index is 2.68. The zero-order valence-electron chi connectivity index (χ0n) is 12.5. The lowest BCUT2D eigenvalue weighted by atomic mass is 10.3. The molecule has 10 heteroatoms. The Labute approximate surface area is 134 Å². The van der Waals surface area contributed by atoms with E-state index < -0.39 is 18.8 Å². The van der Waals surface area contributed by atoms with Crippen molar-refractivity contribution in [2.45, 2.75) is 20.0 Å². The fourth-order valence-corrected chi connectivity index (χ4v) is 2.36. The molecule has 0 saturated heterocycles. The molecule has 23 heavy (non-hydrogen) atoms. The number of alkyl halides is 3. The number of carbonyl (C=O) groups excluding carboxylic acids is 1. The van der Waals surface area contributed by atoms with E-state index in [1.807, 2.05) is 0 Å². The second-order valence-corrected chi connectivity index (χ2v) is 4.98. The van der Waals surface area contributed by atoms with Crippen LogP contribution in [0.1, 0.15) is 23.2 Å². The average molecular weight is 352 g/mol. The lowest BCUT2D eigenvalue weighted by Gasteiger charge is -2.11. The maximum absolute atomic E-state index is 12.5. The van der Waals surface area contributed by atoms with E-state index in [4.69, 9.17) is 21.1 Å². The minimum absolute atomic E-state index is 0.0343. The zero-order chi connectivity index (χ0) is 17.4. The molecule has 0 N–H and O–H groups in total. The van der Waals surface area contributed by atoms with Crippen LogP contribution < -0.4 is 4.74 Å². The van der Waals surface area contributed by atoms with Crippen molar-refractivity contribution in [2.24, 2.45) is 7.05 Å². The van der Waals surface area contributed by atoms with Crippen molar-refractivity contribution in [2.75, 3.05) is 13.2 Å². The van der Waals surface area contributed by atoms with E-state index in [1.165, 1.54) is 11.6 Å². The van der Waals surface area contributed by atoms with Crippen molar-refractivity contribution in [3.8, 4) is 5.75 Å². The van der Waals surface area contributed by atoms with E-state index in [2.05, 4.69) is 9.97 Å². The molecule has 0 aliphatic heterocycles. The van der Waals surface area contributed by atoms with Crippen LogP contribution in [-0.2, 0) is 11.8 Å². The fourth-order valence-electron chi connectivity index (χ4n) is 2.06. The summed E-state index contributed by atoms with van der Waals surface area (Å²) in [6.07, 6.45) is -4.58. The third-order valence-electron chi connectivity index (χ3n) is 2.90. The van der Waals surface area contributed by atoms with E-state index in [0.29, 0.717) is 5.82 Å². The first-order valence-electron chi connectivity index (χ1n) is 6.55. The van der Waals surface area contributed by atoms with Gasteiger partial charge in [0.25, 0.3) is 0 Å². The van der Waals surface area contributed by atoms with E-state index in [-0.39, 0.29) is 34.2 Å². The Morgan fingerprint density at radius 2 is 2.00 bits per heavy atom. The number of ether oxygens (including phenoxy) is 2. The third-order valence-corrected chi connectivity index (χ3v) is 3.18. The number of aromatic nitrogens is 3. The van der Waals surface area contributed by atoms with Crippen LogP contribution >= 0.6 is 11.6 Å². The Kier molecular flexibility index (Phi) is 4.69. The van der Waals surface area contributed by atoms with Gasteiger partial charge in [0.2, 0.25) is 0 Å². The molecule has 0 spiro atoms. The number of nitrogens with zero attached hydrogens (tertiary/aromatic N) is 3. The van der Waals surface area contributed by atoms with Crippen LogP contribution in [0.3, 0.4) is 0 Å². The lowest BCUT2D eigenvalue weighted by molar-refractivity contribution is -0.153. The summed E-state index contributed by atoms with van der Waals surface area (Å²) < 4.78 is 48.4. The molecule has 2 aromatic rings. The summed E-state index contributed by atoms with van der Waals surface area (Å²) >= 11 is 6.01. The molecule has 0 aliphatic carbocycles. The summed E-state index contributed by atoms with van der Waals surface area (Å²) in [5.41, 5.74) is -0.0179. The topological polar surface area (TPSA) is 66.2 Å². The van der Waals surface area contributed by atoms with Gasteiger partial charge in [-0.25, -0.2) is 14.8 Å². The third kappa shape index (κ3) is 3.49. The van der Waals surface area contributed by atoms with Gasteiger partial charge in [-0.1, -0.05) is 11.6 Å². The predicted molar refractivity (Wildman–Crippen MR) is 75.8 cm³/mol. The number of hydrogen-bond donors (Lipinski definition) is 0. The number of esters is 1. The highest BCUT2D eigenvalue weighted by Gasteiger charge is 2.33. The van der Waals surface area contributed by atoms with Gasteiger partial charge >= 0.3 is 12.1 Å². The average Bonchev–Trinajstić information content (AvgIpc) is 2.69. The first-order chi connectivity index (χ1) is 10.7. The SMILES string of the molecule is CCOC(=O)c1c(OCC(F)(F)F)c2c(Cl)nc(C)nc2n1C. The van der Waals surface area contributed by atoms with Crippen LogP contribution in [0, 0.1) is 6.92 Å². The zero-order valence-corrected chi connectivity index (χ0v) is 13.2. The second kappa shape index (κ2) is 6.23. The molecular formula is C13H13ClF3N3O3. The smallest absolute Gasteiger partial charge is 0.422 e. The predicted octanol–water partition coefficient (Wildman–Crippen LogP) is 3.05. The van der Waals surface area contributed by atoms with Gasteiger partial charge < -0.3 is 14.0 Å². The summed E-state index contributed by atoms with van der Waals surface area (Å²) in [6.45, 7) is 1.62. The van der Waals surface area contributed by atoms with Crippen molar-refractivity contribution in [3.63, 3.8) is 0 Å². The van der Waals surface area contributed by atoms with Crippen molar-refractivity contribution in [1.82, 2.24) is 14.5 Å². The Bertz CT molecular complexity index is 758. The number of carbonyl (C=O) groups is 1. The van der Waals surface area contributed by atoms with Crippen LogP contribution in [0.25, 0.3) is 11.0 Å². The van der Waals surface area contributed by atoms with Crippen LogP contribution in [-0.4, -0.2) is 39.9 Å². The summed E-state index contributed by atoms with van der Waals surface area (Å²) in [5, 5.41) is -0.0668. The molecule has 0 radical (unpaired) electrons. The summed E-state index contributed by atoms with van der Waals surface area (Å²) in [7, 11) is 1.46. The van der Waals surface area contributed by atoms with Gasteiger partial charge in [0, 0.05) is 7.05 Å². The molecule has 2 rings (SSSR count). The second-order valence-electron chi connectivity index (χ2n) is 4.62. The van der Waals surface area contributed by atoms with Gasteiger partial charge in [-0.05, 0) is 13.8 Å². The first-order valence-corrected chi connectivity index (χ1v) is 6.92. The van der Waals surface area contributed by atoms with Crippen molar-refractivity contribution < 1.29 is 27.4 Å². The molecule has 0 amide bonds. The van der Waals surface area contributed by atoms with Crippen LogP contribution in [0.15, 0.2) is 0 Å². The number of aryl methyl sites for hydroxylation is 2. The summed E-state index contributed by atoms with van der Waals surface area (Å²) in [5.74, 6) is -0.872. The van der Waals surface area contributed by atoms with Crippen molar-refractivity contribution >= 4 is 28.6 Å². The first kappa shape index (κ1) is 17.3. The van der Waals surface area contributed by atoms with E-state index >= 15 is 0 Å². The lowest BCUT2D eigenvalue weighted by Crippen LogP contribution is -2.20. The molecule has 0 fully saturated rings. The normalized spacial score (nSPS) is 11.8. The molecule has 0 atom stereocenters. The van der Waals surface area contributed by atoms with Gasteiger partial charge in [0.15, 0.2) is 18.1 Å². The summed E-state index contributed by atoms with van der Waals surface area (Å²) in [4.78, 5) is 20.1. The minimum Gasteiger partial charge on any atom is -0.481 e. The molecular weight excluding hydrogens is 339 g/mol. The maximum atomic E-state index is 12.5. The van der Waals surface area contributed by atoms with E-state index in [9.17, 15) is 18.0 Å². The molecule has 0 aliphatic rings. The molecule has 2 heterocycles. The molecule has 2 aromatic heterocycles. The molecule has 6 nitrogen and oxygen atoms in total. The molecule has 0 unspecified atom stereocenters. The number of hydrogen-bond acceptors (Lipinski definition) is 5. The monoisotopic (exact) mass is 351 g/mol. The van der Waals surface area contributed by atoms with E-state index in [1.54, 1.807) is 13.8 Å². The molecule has 126 valence electrons. The molecule has 0 bridgehead atoms. The fraction of sp³-hybridized carbons (Fsp3) is 0.462. The minimum atomic E-state index is -4.58. The van der Waals surface area contributed by atoms with Crippen molar-refractivity contribution in [3.05, 3.63) is 16.7 Å². The number of rotatable bonds is 4. The van der Waals surface area contributed by atoms with Gasteiger partial charge in [-0.15, -0.1) is 0 Å². The van der Waals surface area contributed by atoms with Crippen LogP contribution in [0.5, 0.6) is 5.75 Å². The van der Waals surface area contributed by atoms with E-state index in [0.717, 1.165) is 0 Å². The van der Waals surface area contributed by atoms with Gasteiger partial charge in [-0.3, -0.25) is 0 Å². The largest absolute Gasteiger partial charge is 0.481 e. The Hall–Kier alpha value is -2.03. The van der Waals surface area contributed by atoms with Gasteiger partial charge in [0.05, 0.1) is 12.0 Å². The highest BCUT2D eigenvalue weighted by atomic mass is 35.5. The quantitative estimate of drug-likeness (QED) is 0.625. The summed E-state index contributed by atoms with van der Waals surface area (Å²) in [6, 6.07) is 0. The highest BCUT2D eigenvalue weighted by Crippen LogP contribution is 2.37. The maximum Gasteiger partial charge on any atom is 0.422 e. The Morgan fingerprint density at radius 1 is 1.35 bits per heavy atom. The highest BCUT2D eigenvalue weighted by molar-refractivity contribution is 6.35. The number of fused-ring (bicyclic) bond motifs is 1.